The molecule has 0 heterocycles. The molecule has 100 valence electrons. The van der Waals surface area contributed by atoms with Crippen LogP contribution >= 0.6 is 0 Å². The zero-order valence-electron chi connectivity index (χ0n) is 11.2. The predicted octanol–water partition coefficient (Wildman–Crippen LogP) is 2.26. The first-order valence-electron chi connectivity index (χ1n) is 6.27. The van der Waals surface area contributed by atoms with Gasteiger partial charge >= 0.3 is 0 Å². The fraction of sp³-hybridized carbons (Fsp3) is 0.500. The number of ether oxygens (including phenoxy) is 2. The molecule has 4 nitrogen and oxygen atoms in total. The van der Waals surface area contributed by atoms with Crippen molar-refractivity contribution in [3.63, 3.8) is 0 Å². The Hall–Kier alpha value is -1.39. The van der Waals surface area contributed by atoms with Crippen LogP contribution in [0, 0.1) is 0 Å². The van der Waals surface area contributed by atoms with Gasteiger partial charge in [0, 0.05) is 13.2 Å². The Labute approximate surface area is 108 Å². The van der Waals surface area contributed by atoms with E-state index < -0.39 is 6.29 Å². The van der Waals surface area contributed by atoms with Gasteiger partial charge in [0.2, 0.25) is 6.29 Å². The van der Waals surface area contributed by atoms with Gasteiger partial charge in [0.15, 0.2) is 0 Å². The molecule has 0 fully saturated rings. The van der Waals surface area contributed by atoms with Crippen LogP contribution in [0.1, 0.15) is 32.4 Å². The van der Waals surface area contributed by atoms with Gasteiger partial charge in [-0.2, -0.15) is 0 Å². The molecule has 1 amide bonds. The molecule has 18 heavy (non-hydrogen) atoms. The molecule has 0 radical (unpaired) electrons. The lowest BCUT2D eigenvalue weighted by Crippen LogP contribution is -2.39. The molecule has 0 saturated heterocycles. The molecule has 1 atom stereocenters. The standard InChI is InChI=1S/C14H21NO3/c1-4-17-14(18-5-2)13(16)15-11(3)12-9-7-6-8-10-12/h6-11,14H,4-5H2,1-3H3,(H,15,16). The first-order valence-corrected chi connectivity index (χ1v) is 6.27. The van der Waals surface area contributed by atoms with E-state index in [9.17, 15) is 4.79 Å². The van der Waals surface area contributed by atoms with E-state index in [0.29, 0.717) is 13.2 Å². The minimum Gasteiger partial charge on any atom is -0.345 e. The number of amides is 1. The third-order valence-corrected chi connectivity index (χ3v) is 2.51. The van der Waals surface area contributed by atoms with Gasteiger partial charge in [0.05, 0.1) is 6.04 Å². The highest BCUT2D eigenvalue weighted by Gasteiger charge is 2.20. The van der Waals surface area contributed by atoms with Crippen LogP contribution in [0.3, 0.4) is 0 Å². The van der Waals surface area contributed by atoms with Crippen molar-refractivity contribution < 1.29 is 14.3 Å². The summed E-state index contributed by atoms with van der Waals surface area (Å²) in [6.07, 6.45) is -0.828. The van der Waals surface area contributed by atoms with Gasteiger partial charge in [0.1, 0.15) is 0 Å². The molecule has 1 aromatic carbocycles. The number of rotatable bonds is 7. The van der Waals surface area contributed by atoms with Crippen LogP contribution in [0.15, 0.2) is 30.3 Å². The van der Waals surface area contributed by atoms with E-state index in [1.54, 1.807) is 0 Å². The van der Waals surface area contributed by atoms with Crippen LogP contribution in [0.25, 0.3) is 0 Å². The van der Waals surface area contributed by atoms with E-state index >= 15 is 0 Å². The van der Waals surface area contributed by atoms with E-state index in [1.165, 1.54) is 0 Å². The van der Waals surface area contributed by atoms with Crippen LogP contribution in [-0.2, 0) is 14.3 Å². The summed E-state index contributed by atoms with van der Waals surface area (Å²) in [5.41, 5.74) is 1.05. The summed E-state index contributed by atoms with van der Waals surface area (Å²) < 4.78 is 10.5. The monoisotopic (exact) mass is 251 g/mol. The Kier molecular flexibility index (Phi) is 6.39. The lowest BCUT2D eigenvalue weighted by molar-refractivity contribution is -0.170. The fourth-order valence-corrected chi connectivity index (χ4v) is 1.61. The van der Waals surface area contributed by atoms with E-state index in [-0.39, 0.29) is 11.9 Å². The molecule has 0 aromatic heterocycles. The average Bonchev–Trinajstić information content (AvgIpc) is 2.39. The molecule has 0 saturated carbocycles. The summed E-state index contributed by atoms with van der Waals surface area (Å²) in [4.78, 5) is 11.9. The summed E-state index contributed by atoms with van der Waals surface area (Å²) in [7, 11) is 0. The number of carbonyl (C=O) groups is 1. The minimum absolute atomic E-state index is 0.0675. The molecular formula is C14H21NO3. The molecule has 1 unspecified atom stereocenters. The average molecular weight is 251 g/mol. The van der Waals surface area contributed by atoms with Crippen LogP contribution in [0.2, 0.25) is 0 Å². The lowest BCUT2D eigenvalue weighted by atomic mass is 10.1. The summed E-state index contributed by atoms with van der Waals surface area (Å²) in [6.45, 7) is 6.48. The molecular weight excluding hydrogens is 230 g/mol. The Balaban J connectivity index is 2.57. The normalized spacial score (nSPS) is 12.4. The summed E-state index contributed by atoms with van der Waals surface area (Å²) in [5, 5.41) is 2.88. The van der Waals surface area contributed by atoms with Crippen LogP contribution in [0.5, 0.6) is 0 Å². The SMILES string of the molecule is CCOC(OCC)C(=O)NC(C)c1ccccc1. The maximum absolute atomic E-state index is 11.9. The number of benzene rings is 1. The number of carbonyl (C=O) groups excluding carboxylic acids is 1. The topological polar surface area (TPSA) is 47.6 Å². The number of hydrogen-bond donors (Lipinski definition) is 1. The van der Waals surface area contributed by atoms with Crippen molar-refractivity contribution in [2.24, 2.45) is 0 Å². The van der Waals surface area contributed by atoms with Crippen molar-refractivity contribution in [1.82, 2.24) is 5.32 Å². The Morgan fingerprint density at radius 1 is 1.17 bits per heavy atom. The van der Waals surface area contributed by atoms with E-state index in [1.807, 2.05) is 51.1 Å². The molecule has 4 heteroatoms. The van der Waals surface area contributed by atoms with Gasteiger partial charge < -0.3 is 14.8 Å². The second-order valence-electron chi connectivity index (χ2n) is 3.88. The number of nitrogens with one attached hydrogen (secondary N) is 1. The van der Waals surface area contributed by atoms with Crippen LogP contribution < -0.4 is 5.32 Å². The Morgan fingerprint density at radius 2 is 1.72 bits per heavy atom. The van der Waals surface area contributed by atoms with Gasteiger partial charge in [-0.15, -0.1) is 0 Å². The molecule has 0 aliphatic carbocycles. The molecule has 1 rings (SSSR count). The number of hydrogen-bond acceptors (Lipinski definition) is 3. The smallest absolute Gasteiger partial charge is 0.277 e. The van der Waals surface area contributed by atoms with E-state index in [2.05, 4.69) is 5.32 Å². The predicted molar refractivity (Wildman–Crippen MR) is 70.0 cm³/mol. The molecule has 0 bridgehead atoms. The second-order valence-corrected chi connectivity index (χ2v) is 3.88. The highest BCUT2D eigenvalue weighted by atomic mass is 16.7. The largest absolute Gasteiger partial charge is 0.345 e. The lowest BCUT2D eigenvalue weighted by Gasteiger charge is -2.20. The van der Waals surface area contributed by atoms with Crippen molar-refractivity contribution >= 4 is 5.91 Å². The van der Waals surface area contributed by atoms with E-state index in [4.69, 9.17) is 9.47 Å². The van der Waals surface area contributed by atoms with Gasteiger partial charge in [-0.05, 0) is 26.3 Å². The van der Waals surface area contributed by atoms with Crippen LogP contribution in [0.4, 0.5) is 0 Å². The Bertz CT molecular complexity index is 347. The zero-order valence-corrected chi connectivity index (χ0v) is 11.2. The van der Waals surface area contributed by atoms with Crippen molar-refractivity contribution in [1.29, 1.82) is 0 Å². The summed E-state index contributed by atoms with van der Waals surface area (Å²) in [6, 6.07) is 9.72. The second kappa shape index (κ2) is 7.84. The van der Waals surface area contributed by atoms with Crippen molar-refractivity contribution in [3.05, 3.63) is 35.9 Å². The molecule has 1 N–H and O–H groups in total. The van der Waals surface area contributed by atoms with Gasteiger partial charge in [-0.3, -0.25) is 4.79 Å². The van der Waals surface area contributed by atoms with Crippen molar-refractivity contribution in [2.45, 2.75) is 33.1 Å². The maximum Gasteiger partial charge on any atom is 0.277 e. The third kappa shape index (κ3) is 4.47. The highest BCUT2D eigenvalue weighted by molar-refractivity contribution is 5.79. The maximum atomic E-state index is 11.9. The van der Waals surface area contributed by atoms with Gasteiger partial charge in [0.25, 0.3) is 5.91 Å². The molecule has 0 aliphatic rings. The van der Waals surface area contributed by atoms with Crippen molar-refractivity contribution in [3.8, 4) is 0 Å². The van der Waals surface area contributed by atoms with Gasteiger partial charge in [-0.25, -0.2) is 0 Å². The van der Waals surface area contributed by atoms with Crippen LogP contribution in [-0.4, -0.2) is 25.4 Å². The summed E-state index contributed by atoms with van der Waals surface area (Å²) in [5.74, 6) is -0.241. The quantitative estimate of drug-likeness (QED) is 0.756. The first-order chi connectivity index (χ1) is 8.69. The Morgan fingerprint density at radius 3 is 2.22 bits per heavy atom. The third-order valence-electron chi connectivity index (χ3n) is 2.51. The molecule has 1 aromatic rings. The zero-order chi connectivity index (χ0) is 13.4. The molecule has 0 spiro atoms. The van der Waals surface area contributed by atoms with Gasteiger partial charge in [-0.1, -0.05) is 30.3 Å². The molecule has 0 aliphatic heterocycles. The highest BCUT2D eigenvalue weighted by Crippen LogP contribution is 2.11. The van der Waals surface area contributed by atoms with E-state index in [0.717, 1.165) is 5.56 Å². The minimum atomic E-state index is -0.828. The first kappa shape index (κ1) is 14.7. The van der Waals surface area contributed by atoms with Crippen molar-refractivity contribution in [2.75, 3.05) is 13.2 Å². The summed E-state index contributed by atoms with van der Waals surface area (Å²) >= 11 is 0. The fourth-order valence-electron chi connectivity index (χ4n) is 1.61.